The number of nitrogens with one attached hydrogen (secondary N) is 1. The van der Waals surface area contributed by atoms with Crippen LogP contribution in [0.25, 0.3) is 0 Å². The fourth-order valence-corrected chi connectivity index (χ4v) is 3.33. The third-order valence-electron chi connectivity index (χ3n) is 3.69. The summed E-state index contributed by atoms with van der Waals surface area (Å²) in [5.74, 6) is 0.990. The minimum Gasteiger partial charge on any atom is -0.492 e. The molecule has 2 aromatic rings. The molecule has 27 heavy (non-hydrogen) atoms. The lowest BCUT2D eigenvalue weighted by atomic mass is 10.2. The minimum absolute atomic E-state index is 0.118. The zero-order valence-corrected chi connectivity index (χ0v) is 16.4. The summed E-state index contributed by atoms with van der Waals surface area (Å²) in [5, 5.41) is 11.9. The van der Waals surface area contributed by atoms with Crippen molar-refractivity contribution in [3.63, 3.8) is 0 Å². The van der Waals surface area contributed by atoms with Gasteiger partial charge in [-0.2, -0.15) is 5.26 Å². The fraction of sp³-hybridized carbons (Fsp3) is 0.316. The van der Waals surface area contributed by atoms with Crippen molar-refractivity contribution in [3.05, 3.63) is 48.0 Å². The van der Waals surface area contributed by atoms with Crippen LogP contribution in [0.4, 0.5) is 5.69 Å². The summed E-state index contributed by atoms with van der Waals surface area (Å²) in [6.45, 7) is 3.05. The highest BCUT2D eigenvalue weighted by Crippen LogP contribution is 2.29. The second-order valence-corrected chi connectivity index (χ2v) is 7.91. The number of rotatable bonds is 9. The van der Waals surface area contributed by atoms with Gasteiger partial charge in [0.25, 0.3) is 0 Å². The summed E-state index contributed by atoms with van der Waals surface area (Å²) in [6, 6.07) is 13.9. The SMILES string of the molecule is CCOc1ccc(NCCOc2ccc(C#N)cc2)cc1S(=O)(=O)N(C)C. The molecule has 0 radical (unpaired) electrons. The number of nitriles is 1. The van der Waals surface area contributed by atoms with E-state index in [2.05, 4.69) is 11.4 Å². The molecule has 0 aliphatic heterocycles. The fourth-order valence-electron chi connectivity index (χ4n) is 2.28. The zero-order chi connectivity index (χ0) is 19.9. The van der Waals surface area contributed by atoms with Gasteiger partial charge >= 0.3 is 0 Å². The number of benzene rings is 2. The summed E-state index contributed by atoms with van der Waals surface area (Å²) < 4.78 is 37.2. The van der Waals surface area contributed by atoms with E-state index >= 15 is 0 Å². The summed E-state index contributed by atoms with van der Waals surface area (Å²) in [7, 11) is -0.656. The van der Waals surface area contributed by atoms with Gasteiger partial charge in [0, 0.05) is 26.3 Å². The molecule has 0 spiro atoms. The van der Waals surface area contributed by atoms with Crippen molar-refractivity contribution in [1.29, 1.82) is 5.26 Å². The average Bonchev–Trinajstić information content (AvgIpc) is 2.66. The first-order valence-corrected chi connectivity index (χ1v) is 9.88. The Balaban J connectivity index is 2.03. The van der Waals surface area contributed by atoms with E-state index in [9.17, 15) is 8.42 Å². The van der Waals surface area contributed by atoms with Gasteiger partial charge in [-0.3, -0.25) is 0 Å². The maximum Gasteiger partial charge on any atom is 0.246 e. The zero-order valence-electron chi connectivity index (χ0n) is 15.6. The molecule has 0 bridgehead atoms. The second-order valence-electron chi connectivity index (χ2n) is 5.79. The highest BCUT2D eigenvalue weighted by atomic mass is 32.2. The molecule has 0 amide bonds. The predicted octanol–water partition coefficient (Wildman–Crippen LogP) is 2.70. The van der Waals surface area contributed by atoms with Crippen molar-refractivity contribution >= 4 is 15.7 Å². The summed E-state index contributed by atoms with van der Waals surface area (Å²) in [4.78, 5) is 0.118. The van der Waals surface area contributed by atoms with Gasteiger partial charge in [0.1, 0.15) is 23.0 Å². The number of hydrogen-bond acceptors (Lipinski definition) is 6. The number of hydrogen-bond donors (Lipinski definition) is 1. The second kappa shape index (κ2) is 9.26. The molecule has 144 valence electrons. The molecule has 1 N–H and O–H groups in total. The van der Waals surface area contributed by atoms with E-state index in [-0.39, 0.29) is 4.90 Å². The highest BCUT2D eigenvalue weighted by Gasteiger charge is 2.22. The molecule has 0 saturated heterocycles. The molecule has 0 aliphatic carbocycles. The molecule has 2 rings (SSSR count). The van der Waals surface area contributed by atoms with Crippen molar-refractivity contribution in [2.24, 2.45) is 0 Å². The Bertz CT molecular complexity index is 904. The molecule has 0 aliphatic rings. The molecule has 8 heteroatoms. The van der Waals surface area contributed by atoms with Crippen LogP contribution in [-0.4, -0.2) is 46.6 Å². The molecule has 0 atom stereocenters. The van der Waals surface area contributed by atoms with Gasteiger partial charge < -0.3 is 14.8 Å². The normalized spacial score (nSPS) is 11.1. The average molecular weight is 389 g/mol. The standard InChI is InChI=1S/C19H23N3O4S/c1-4-25-18-10-7-16(13-19(18)27(23,24)22(2)3)21-11-12-26-17-8-5-15(14-20)6-9-17/h5-10,13,21H,4,11-12H2,1-3H3. The van der Waals surface area contributed by atoms with Gasteiger partial charge in [0.05, 0.1) is 18.2 Å². The van der Waals surface area contributed by atoms with Crippen LogP contribution in [-0.2, 0) is 10.0 Å². The molecule has 2 aromatic carbocycles. The van der Waals surface area contributed by atoms with Crippen molar-refractivity contribution in [3.8, 4) is 17.6 Å². The Morgan fingerprint density at radius 3 is 2.41 bits per heavy atom. The van der Waals surface area contributed by atoms with Crippen molar-refractivity contribution in [2.45, 2.75) is 11.8 Å². The first-order valence-electron chi connectivity index (χ1n) is 8.44. The summed E-state index contributed by atoms with van der Waals surface area (Å²) in [5.41, 5.74) is 1.23. The number of ether oxygens (including phenoxy) is 2. The van der Waals surface area contributed by atoms with Crippen LogP contribution >= 0.6 is 0 Å². The van der Waals surface area contributed by atoms with Crippen LogP contribution in [0, 0.1) is 11.3 Å². The van der Waals surface area contributed by atoms with E-state index in [1.165, 1.54) is 14.1 Å². The molecule has 7 nitrogen and oxygen atoms in total. The predicted molar refractivity (Wildman–Crippen MR) is 104 cm³/mol. The van der Waals surface area contributed by atoms with Crippen molar-refractivity contribution in [2.75, 3.05) is 39.2 Å². The largest absolute Gasteiger partial charge is 0.492 e. The molecule has 0 saturated carbocycles. The Morgan fingerprint density at radius 1 is 1.11 bits per heavy atom. The Labute approximate surface area is 160 Å². The maximum atomic E-state index is 12.5. The Hall–Kier alpha value is -2.76. The van der Waals surface area contributed by atoms with Crippen molar-refractivity contribution in [1.82, 2.24) is 4.31 Å². The van der Waals surface area contributed by atoms with E-state index in [0.717, 1.165) is 4.31 Å². The van der Waals surface area contributed by atoms with Crippen LogP contribution in [0.3, 0.4) is 0 Å². The van der Waals surface area contributed by atoms with E-state index in [1.807, 2.05) is 0 Å². The molecule has 0 unspecified atom stereocenters. The lowest BCUT2D eigenvalue weighted by molar-refractivity contribution is 0.330. The van der Waals surface area contributed by atoms with Crippen LogP contribution in [0.5, 0.6) is 11.5 Å². The molecule has 0 fully saturated rings. The van der Waals surface area contributed by atoms with Crippen molar-refractivity contribution < 1.29 is 17.9 Å². The Kier molecular flexibility index (Phi) is 7.05. The Morgan fingerprint density at radius 2 is 1.81 bits per heavy atom. The number of sulfonamides is 1. The summed E-state index contributed by atoms with van der Waals surface area (Å²) in [6.07, 6.45) is 0. The van der Waals surface area contributed by atoms with Gasteiger partial charge in [-0.1, -0.05) is 0 Å². The first kappa shape index (κ1) is 20.6. The lowest BCUT2D eigenvalue weighted by Gasteiger charge is -2.17. The first-order chi connectivity index (χ1) is 12.9. The maximum absolute atomic E-state index is 12.5. The number of anilines is 1. The van der Waals surface area contributed by atoms with E-state index in [0.29, 0.717) is 42.5 Å². The third-order valence-corrected chi connectivity index (χ3v) is 5.52. The molecule has 0 heterocycles. The van der Waals surface area contributed by atoms with E-state index in [1.54, 1.807) is 49.4 Å². The quantitative estimate of drug-likeness (QED) is 0.663. The topological polar surface area (TPSA) is 91.7 Å². The minimum atomic E-state index is -3.62. The van der Waals surface area contributed by atoms with Gasteiger partial charge in [0.15, 0.2) is 0 Å². The third kappa shape index (κ3) is 5.36. The monoisotopic (exact) mass is 389 g/mol. The van der Waals surface area contributed by atoms with E-state index < -0.39 is 10.0 Å². The van der Waals surface area contributed by atoms with Gasteiger partial charge in [-0.15, -0.1) is 0 Å². The van der Waals surface area contributed by atoms with Gasteiger partial charge in [0.2, 0.25) is 10.0 Å². The highest BCUT2D eigenvalue weighted by molar-refractivity contribution is 7.89. The van der Waals surface area contributed by atoms with Gasteiger partial charge in [-0.25, -0.2) is 12.7 Å². The van der Waals surface area contributed by atoms with E-state index in [4.69, 9.17) is 14.7 Å². The lowest BCUT2D eigenvalue weighted by Crippen LogP contribution is -2.23. The molecular weight excluding hydrogens is 366 g/mol. The molecular formula is C19H23N3O4S. The van der Waals surface area contributed by atoms with Crippen LogP contribution in [0.15, 0.2) is 47.4 Å². The smallest absolute Gasteiger partial charge is 0.246 e. The van der Waals surface area contributed by atoms with Gasteiger partial charge in [-0.05, 0) is 49.4 Å². The number of nitrogens with zero attached hydrogens (tertiary/aromatic N) is 2. The van der Waals surface area contributed by atoms with Crippen LogP contribution < -0.4 is 14.8 Å². The summed E-state index contributed by atoms with van der Waals surface area (Å²) >= 11 is 0. The molecule has 0 aromatic heterocycles. The van der Waals surface area contributed by atoms with Crippen LogP contribution in [0.2, 0.25) is 0 Å². The van der Waals surface area contributed by atoms with Crippen LogP contribution in [0.1, 0.15) is 12.5 Å².